The zero-order valence-electron chi connectivity index (χ0n) is 9.64. The van der Waals surface area contributed by atoms with Gasteiger partial charge in [-0.05, 0) is 0 Å². The first-order chi connectivity index (χ1) is 8.65. The molecular formula is C10H13FN6O. The molecule has 2 amide bonds. The van der Waals surface area contributed by atoms with Crippen LogP contribution < -0.4 is 16.0 Å². The third kappa shape index (κ3) is 1.69. The van der Waals surface area contributed by atoms with E-state index in [2.05, 4.69) is 15.3 Å². The molecule has 1 unspecified atom stereocenters. The molecule has 1 aromatic rings. The second-order valence-corrected chi connectivity index (χ2v) is 4.38. The molecule has 1 aromatic heterocycles. The van der Waals surface area contributed by atoms with Crippen LogP contribution in [0.2, 0.25) is 0 Å². The van der Waals surface area contributed by atoms with E-state index < -0.39 is 5.82 Å². The van der Waals surface area contributed by atoms with Crippen LogP contribution in [0.15, 0.2) is 6.20 Å². The molecule has 2 aliphatic heterocycles. The number of piperazine rings is 1. The fourth-order valence-electron chi connectivity index (χ4n) is 2.39. The van der Waals surface area contributed by atoms with E-state index in [1.807, 2.05) is 0 Å². The number of nitrogens with two attached hydrogens (primary N) is 1. The zero-order valence-corrected chi connectivity index (χ0v) is 9.64. The summed E-state index contributed by atoms with van der Waals surface area (Å²) in [5.41, 5.74) is 5.47. The Labute approximate surface area is 103 Å². The molecule has 0 spiro atoms. The van der Waals surface area contributed by atoms with Crippen LogP contribution >= 0.6 is 0 Å². The van der Waals surface area contributed by atoms with Gasteiger partial charge in [-0.15, -0.1) is 0 Å². The van der Waals surface area contributed by atoms with Crippen LogP contribution in [0.1, 0.15) is 0 Å². The maximum atomic E-state index is 13.7. The van der Waals surface area contributed by atoms with Crippen molar-refractivity contribution in [2.24, 2.45) is 0 Å². The predicted octanol–water partition coefficient (Wildman–Crippen LogP) is -0.588. The highest BCUT2D eigenvalue weighted by Gasteiger charge is 2.36. The van der Waals surface area contributed by atoms with E-state index in [1.54, 1.807) is 9.80 Å². The van der Waals surface area contributed by atoms with Gasteiger partial charge in [0.05, 0.1) is 12.2 Å². The number of carbonyl (C=O) groups excluding carboxylic acids is 1. The van der Waals surface area contributed by atoms with Crippen LogP contribution in [0.25, 0.3) is 0 Å². The molecule has 2 fully saturated rings. The van der Waals surface area contributed by atoms with Gasteiger partial charge >= 0.3 is 6.03 Å². The van der Waals surface area contributed by atoms with Crippen molar-refractivity contribution in [2.45, 2.75) is 6.04 Å². The number of carbonyl (C=O) groups is 1. The second kappa shape index (κ2) is 3.97. The van der Waals surface area contributed by atoms with Crippen molar-refractivity contribution in [2.75, 3.05) is 36.8 Å². The number of hydrogen-bond acceptors (Lipinski definition) is 5. The average molecular weight is 252 g/mol. The number of aromatic nitrogens is 2. The van der Waals surface area contributed by atoms with Gasteiger partial charge in [0.2, 0.25) is 5.95 Å². The molecule has 18 heavy (non-hydrogen) atoms. The fraction of sp³-hybridized carbons (Fsp3) is 0.500. The molecule has 0 saturated carbocycles. The minimum Gasteiger partial charge on any atom is -0.368 e. The standard InChI is InChI=1S/C10H13FN6O/c11-7-4-13-9(12)15-8(7)16-1-2-17-6(5-16)3-14-10(17)18/h4,6H,1-3,5H2,(H,14,18)(H2,12,13,15). The Hall–Kier alpha value is -2.12. The third-order valence-electron chi connectivity index (χ3n) is 3.28. The maximum Gasteiger partial charge on any atom is 0.317 e. The van der Waals surface area contributed by atoms with Crippen LogP contribution in [0.5, 0.6) is 0 Å². The summed E-state index contributed by atoms with van der Waals surface area (Å²) >= 11 is 0. The van der Waals surface area contributed by atoms with Gasteiger partial charge < -0.3 is 20.9 Å². The molecule has 2 aliphatic rings. The number of anilines is 2. The van der Waals surface area contributed by atoms with E-state index in [9.17, 15) is 9.18 Å². The molecule has 8 heteroatoms. The van der Waals surface area contributed by atoms with Crippen LogP contribution in [0.3, 0.4) is 0 Å². The van der Waals surface area contributed by atoms with E-state index in [0.717, 1.165) is 6.20 Å². The summed E-state index contributed by atoms with van der Waals surface area (Å²) in [6.45, 7) is 2.22. The summed E-state index contributed by atoms with van der Waals surface area (Å²) in [6, 6.07) is 0.00385. The van der Waals surface area contributed by atoms with Crippen LogP contribution in [0, 0.1) is 5.82 Å². The van der Waals surface area contributed by atoms with Gasteiger partial charge in [-0.1, -0.05) is 0 Å². The number of rotatable bonds is 1. The van der Waals surface area contributed by atoms with E-state index in [-0.39, 0.29) is 23.8 Å². The molecule has 7 nitrogen and oxygen atoms in total. The van der Waals surface area contributed by atoms with Gasteiger partial charge in [0, 0.05) is 26.2 Å². The number of halogens is 1. The molecule has 3 rings (SSSR count). The SMILES string of the molecule is Nc1ncc(F)c(N2CCN3C(=O)NCC3C2)n1. The summed E-state index contributed by atoms with van der Waals surface area (Å²) in [5, 5.41) is 2.77. The number of nitrogen functional groups attached to an aromatic ring is 1. The quantitative estimate of drug-likeness (QED) is 0.697. The molecule has 3 heterocycles. The van der Waals surface area contributed by atoms with Crippen LogP contribution in [0.4, 0.5) is 21.0 Å². The van der Waals surface area contributed by atoms with E-state index in [0.29, 0.717) is 26.2 Å². The first-order valence-electron chi connectivity index (χ1n) is 5.72. The van der Waals surface area contributed by atoms with Crippen molar-refractivity contribution in [1.82, 2.24) is 20.2 Å². The summed E-state index contributed by atoms with van der Waals surface area (Å²) in [4.78, 5) is 22.5. The first-order valence-corrected chi connectivity index (χ1v) is 5.72. The summed E-state index contributed by atoms with van der Waals surface area (Å²) in [7, 11) is 0. The summed E-state index contributed by atoms with van der Waals surface area (Å²) in [5.74, 6) is -0.231. The molecule has 0 aromatic carbocycles. The minimum atomic E-state index is -0.491. The normalized spacial score (nSPS) is 22.9. The maximum absolute atomic E-state index is 13.7. The Morgan fingerprint density at radius 3 is 3.17 bits per heavy atom. The largest absolute Gasteiger partial charge is 0.368 e. The molecule has 0 aliphatic carbocycles. The highest BCUT2D eigenvalue weighted by molar-refractivity contribution is 5.77. The van der Waals surface area contributed by atoms with E-state index in [4.69, 9.17) is 5.73 Å². The molecular weight excluding hydrogens is 239 g/mol. The summed E-state index contributed by atoms with van der Waals surface area (Å²) in [6.07, 6.45) is 1.07. The van der Waals surface area contributed by atoms with Gasteiger partial charge in [-0.25, -0.2) is 14.2 Å². The third-order valence-corrected chi connectivity index (χ3v) is 3.28. The molecule has 96 valence electrons. The van der Waals surface area contributed by atoms with Crippen molar-refractivity contribution in [3.8, 4) is 0 Å². The van der Waals surface area contributed by atoms with Gasteiger partial charge in [-0.3, -0.25) is 0 Å². The summed E-state index contributed by atoms with van der Waals surface area (Å²) < 4.78 is 13.7. The first kappa shape index (κ1) is 11.0. The lowest BCUT2D eigenvalue weighted by atomic mass is 10.2. The van der Waals surface area contributed by atoms with Crippen molar-refractivity contribution in [3.05, 3.63) is 12.0 Å². The Morgan fingerprint density at radius 1 is 1.50 bits per heavy atom. The van der Waals surface area contributed by atoms with Crippen molar-refractivity contribution < 1.29 is 9.18 Å². The Balaban J connectivity index is 1.82. The number of urea groups is 1. The van der Waals surface area contributed by atoms with Crippen molar-refractivity contribution in [3.63, 3.8) is 0 Å². The van der Waals surface area contributed by atoms with Crippen LogP contribution in [-0.4, -0.2) is 53.1 Å². The number of hydrogen-bond donors (Lipinski definition) is 2. The molecule has 0 radical (unpaired) electrons. The van der Waals surface area contributed by atoms with Gasteiger partial charge in [0.1, 0.15) is 0 Å². The Morgan fingerprint density at radius 2 is 2.33 bits per heavy atom. The van der Waals surface area contributed by atoms with E-state index >= 15 is 0 Å². The molecule has 1 atom stereocenters. The average Bonchev–Trinajstić information content (AvgIpc) is 2.74. The highest BCUT2D eigenvalue weighted by Crippen LogP contribution is 2.22. The van der Waals surface area contributed by atoms with Gasteiger partial charge in [-0.2, -0.15) is 4.98 Å². The predicted molar refractivity (Wildman–Crippen MR) is 62.5 cm³/mol. The van der Waals surface area contributed by atoms with Gasteiger partial charge in [0.25, 0.3) is 0 Å². The Bertz CT molecular complexity index is 495. The highest BCUT2D eigenvalue weighted by atomic mass is 19.1. The Kier molecular flexibility index (Phi) is 2.42. The lowest BCUT2D eigenvalue weighted by Gasteiger charge is -2.37. The number of fused-ring (bicyclic) bond motifs is 1. The topological polar surface area (TPSA) is 87.4 Å². The number of amides is 2. The molecule has 2 saturated heterocycles. The van der Waals surface area contributed by atoms with Crippen LogP contribution in [-0.2, 0) is 0 Å². The van der Waals surface area contributed by atoms with E-state index in [1.165, 1.54) is 0 Å². The fourth-order valence-corrected chi connectivity index (χ4v) is 2.39. The van der Waals surface area contributed by atoms with Crippen molar-refractivity contribution in [1.29, 1.82) is 0 Å². The van der Waals surface area contributed by atoms with Gasteiger partial charge in [0.15, 0.2) is 11.6 Å². The lowest BCUT2D eigenvalue weighted by molar-refractivity contribution is 0.197. The number of nitrogens with zero attached hydrogens (tertiary/aromatic N) is 4. The lowest BCUT2D eigenvalue weighted by Crippen LogP contribution is -2.52. The smallest absolute Gasteiger partial charge is 0.317 e. The molecule has 3 N–H and O–H groups in total. The number of nitrogens with one attached hydrogen (secondary N) is 1. The minimum absolute atomic E-state index is 0.0504. The second-order valence-electron chi connectivity index (χ2n) is 4.38. The molecule has 0 bridgehead atoms. The van der Waals surface area contributed by atoms with Crippen molar-refractivity contribution >= 4 is 17.8 Å². The zero-order chi connectivity index (χ0) is 12.7. The monoisotopic (exact) mass is 252 g/mol.